The van der Waals surface area contributed by atoms with Gasteiger partial charge in [-0.1, -0.05) is 18.2 Å². The molecule has 1 aromatic carbocycles. The molecule has 3 rings (SSSR count). The molecule has 1 aromatic heterocycles. The smallest absolute Gasteiger partial charge is 0.497 e. The molecule has 2 heterocycles. The molecule has 0 saturated carbocycles. The SMILES string of the molecule is COc1ccc(CN2CC=C(OS(=O)(=O)C(F)(F)F)CC2c2cccnc2)cc1. The lowest BCUT2D eigenvalue weighted by Gasteiger charge is -2.35. The van der Waals surface area contributed by atoms with E-state index in [1.165, 1.54) is 6.08 Å². The van der Waals surface area contributed by atoms with Gasteiger partial charge in [-0.3, -0.25) is 9.88 Å². The summed E-state index contributed by atoms with van der Waals surface area (Å²) in [7, 11) is -4.13. The largest absolute Gasteiger partial charge is 0.534 e. The molecule has 156 valence electrons. The molecule has 10 heteroatoms. The van der Waals surface area contributed by atoms with Crippen LogP contribution < -0.4 is 4.74 Å². The molecule has 0 N–H and O–H groups in total. The van der Waals surface area contributed by atoms with Gasteiger partial charge in [0.1, 0.15) is 11.5 Å². The van der Waals surface area contributed by atoms with Gasteiger partial charge >= 0.3 is 15.6 Å². The monoisotopic (exact) mass is 428 g/mol. The number of ether oxygens (including phenoxy) is 1. The zero-order chi connectivity index (χ0) is 21.1. The minimum atomic E-state index is -5.70. The van der Waals surface area contributed by atoms with Crippen LogP contribution in [0.5, 0.6) is 5.75 Å². The third-order valence-electron chi connectivity index (χ3n) is 4.50. The number of benzene rings is 1. The van der Waals surface area contributed by atoms with E-state index in [0.29, 0.717) is 12.3 Å². The number of methoxy groups -OCH3 is 1. The Morgan fingerprint density at radius 2 is 1.93 bits per heavy atom. The Bertz CT molecular complexity index is 961. The lowest BCUT2D eigenvalue weighted by molar-refractivity contribution is -0.0527. The fourth-order valence-corrected chi connectivity index (χ4v) is 3.56. The van der Waals surface area contributed by atoms with Gasteiger partial charge in [0, 0.05) is 37.9 Å². The van der Waals surface area contributed by atoms with Gasteiger partial charge in [-0.2, -0.15) is 21.6 Å². The molecular formula is C19H19F3N2O4S. The number of hydrogen-bond acceptors (Lipinski definition) is 6. The fraction of sp³-hybridized carbons (Fsp3) is 0.316. The van der Waals surface area contributed by atoms with E-state index in [-0.39, 0.29) is 18.7 Å². The van der Waals surface area contributed by atoms with Crippen LogP contribution in [0.15, 0.2) is 60.6 Å². The summed E-state index contributed by atoms with van der Waals surface area (Å²) in [6.07, 6.45) is 4.52. The van der Waals surface area contributed by atoms with Gasteiger partial charge in [0.05, 0.1) is 7.11 Å². The van der Waals surface area contributed by atoms with E-state index in [1.54, 1.807) is 31.6 Å². The van der Waals surface area contributed by atoms with Crippen molar-refractivity contribution in [1.82, 2.24) is 9.88 Å². The van der Waals surface area contributed by atoms with Crippen molar-refractivity contribution >= 4 is 10.1 Å². The van der Waals surface area contributed by atoms with Gasteiger partial charge in [0.15, 0.2) is 0 Å². The van der Waals surface area contributed by atoms with Crippen molar-refractivity contribution in [2.75, 3.05) is 13.7 Å². The van der Waals surface area contributed by atoms with Gasteiger partial charge in [-0.15, -0.1) is 0 Å². The molecule has 1 unspecified atom stereocenters. The standard InChI is InChI=1S/C19H19F3N2O4S/c1-27-16-6-4-14(5-7-16)13-24-10-8-17(28-29(25,26)19(20,21)22)11-18(24)15-3-2-9-23-12-15/h2-9,12,18H,10-11,13H2,1H3. The van der Waals surface area contributed by atoms with Gasteiger partial charge in [0.2, 0.25) is 0 Å². The first-order chi connectivity index (χ1) is 13.7. The average molecular weight is 428 g/mol. The van der Waals surface area contributed by atoms with Crippen LogP contribution in [0.2, 0.25) is 0 Å². The van der Waals surface area contributed by atoms with E-state index in [2.05, 4.69) is 9.17 Å². The second kappa shape index (κ2) is 8.42. The normalized spacial score (nSPS) is 18.2. The summed E-state index contributed by atoms with van der Waals surface area (Å²) in [6.45, 7) is 0.716. The fourth-order valence-electron chi connectivity index (χ4n) is 3.05. The summed E-state index contributed by atoms with van der Waals surface area (Å²) in [5.74, 6) is 0.478. The van der Waals surface area contributed by atoms with Gasteiger partial charge in [-0.25, -0.2) is 0 Å². The zero-order valence-corrected chi connectivity index (χ0v) is 16.3. The van der Waals surface area contributed by atoms with Crippen LogP contribution in [0, 0.1) is 0 Å². The Labute approximate surface area is 166 Å². The molecule has 0 saturated heterocycles. The minimum Gasteiger partial charge on any atom is -0.497 e. The maximum atomic E-state index is 12.7. The Hall–Kier alpha value is -2.59. The zero-order valence-electron chi connectivity index (χ0n) is 15.5. The van der Waals surface area contributed by atoms with Gasteiger partial charge in [-0.05, 0) is 35.4 Å². The van der Waals surface area contributed by atoms with Crippen LogP contribution >= 0.6 is 0 Å². The lowest BCUT2D eigenvalue weighted by Crippen LogP contribution is -2.34. The van der Waals surface area contributed by atoms with Gasteiger partial charge < -0.3 is 8.92 Å². The maximum absolute atomic E-state index is 12.7. The summed E-state index contributed by atoms with van der Waals surface area (Å²) in [4.78, 5) is 6.07. The van der Waals surface area contributed by atoms with E-state index in [4.69, 9.17) is 4.74 Å². The number of halogens is 3. The summed E-state index contributed by atoms with van der Waals surface area (Å²) in [5.41, 5.74) is -3.75. The predicted molar refractivity (Wildman–Crippen MR) is 99.1 cm³/mol. The second-order valence-electron chi connectivity index (χ2n) is 6.44. The lowest BCUT2D eigenvalue weighted by atomic mass is 9.98. The summed E-state index contributed by atoms with van der Waals surface area (Å²) in [6, 6.07) is 10.5. The predicted octanol–water partition coefficient (Wildman–Crippen LogP) is 3.79. The van der Waals surface area contributed by atoms with E-state index < -0.39 is 21.7 Å². The highest BCUT2D eigenvalue weighted by Crippen LogP contribution is 2.35. The molecule has 0 spiro atoms. The van der Waals surface area contributed by atoms with Crippen LogP contribution in [0.1, 0.15) is 23.6 Å². The molecule has 0 aliphatic carbocycles. The molecule has 29 heavy (non-hydrogen) atoms. The average Bonchev–Trinajstić information content (AvgIpc) is 2.69. The molecule has 0 bridgehead atoms. The van der Waals surface area contributed by atoms with Crippen LogP contribution in [0.4, 0.5) is 13.2 Å². The van der Waals surface area contributed by atoms with Crippen molar-refractivity contribution in [3.05, 3.63) is 71.8 Å². The highest BCUT2D eigenvalue weighted by atomic mass is 32.2. The number of nitrogens with zero attached hydrogens (tertiary/aromatic N) is 2. The van der Waals surface area contributed by atoms with Crippen molar-refractivity contribution in [2.24, 2.45) is 0 Å². The van der Waals surface area contributed by atoms with Crippen molar-refractivity contribution in [1.29, 1.82) is 0 Å². The first-order valence-corrected chi connectivity index (χ1v) is 10.1. The Morgan fingerprint density at radius 1 is 1.21 bits per heavy atom. The molecule has 1 atom stereocenters. The number of aromatic nitrogens is 1. The topological polar surface area (TPSA) is 68.7 Å². The van der Waals surface area contributed by atoms with E-state index >= 15 is 0 Å². The van der Waals surface area contributed by atoms with E-state index in [1.807, 2.05) is 29.2 Å². The Kier molecular flexibility index (Phi) is 6.13. The molecule has 6 nitrogen and oxygen atoms in total. The Morgan fingerprint density at radius 3 is 2.52 bits per heavy atom. The molecule has 1 aliphatic rings. The van der Waals surface area contributed by atoms with Crippen molar-refractivity contribution < 1.29 is 30.5 Å². The maximum Gasteiger partial charge on any atom is 0.534 e. The molecule has 1 aliphatic heterocycles. The van der Waals surface area contributed by atoms with E-state index in [0.717, 1.165) is 11.1 Å². The molecule has 0 fully saturated rings. The van der Waals surface area contributed by atoms with Crippen LogP contribution in [-0.2, 0) is 20.8 Å². The third-order valence-corrected chi connectivity index (χ3v) is 5.50. The summed E-state index contributed by atoms with van der Waals surface area (Å²) < 4.78 is 70.2. The number of alkyl halides is 3. The first kappa shape index (κ1) is 21.1. The number of pyridine rings is 1. The molecule has 2 aromatic rings. The summed E-state index contributed by atoms with van der Waals surface area (Å²) >= 11 is 0. The summed E-state index contributed by atoms with van der Waals surface area (Å²) in [5, 5.41) is 0. The highest BCUT2D eigenvalue weighted by Gasteiger charge is 2.49. The third kappa shape index (κ3) is 5.07. The van der Waals surface area contributed by atoms with Crippen LogP contribution in [0.3, 0.4) is 0 Å². The van der Waals surface area contributed by atoms with Gasteiger partial charge in [0.25, 0.3) is 0 Å². The van der Waals surface area contributed by atoms with Crippen molar-refractivity contribution in [2.45, 2.75) is 24.5 Å². The quantitative estimate of drug-likeness (QED) is 0.515. The molecule has 0 radical (unpaired) electrons. The number of hydrogen-bond donors (Lipinski definition) is 0. The molecular weight excluding hydrogens is 409 g/mol. The van der Waals surface area contributed by atoms with Crippen LogP contribution in [-0.4, -0.2) is 37.5 Å². The minimum absolute atomic E-state index is 0.0306. The van der Waals surface area contributed by atoms with Crippen molar-refractivity contribution in [3.63, 3.8) is 0 Å². The van der Waals surface area contributed by atoms with E-state index in [9.17, 15) is 21.6 Å². The second-order valence-corrected chi connectivity index (χ2v) is 7.98. The molecule has 0 amide bonds. The van der Waals surface area contributed by atoms with Crippen molar-refractivity contribution in [3.8, 4) is 5.75 Å². The number of rotatable bonds is 6. The van der Waals surface area contributed by atoms with Crippen LogP contribution in [0.25, 0.3) is 0 Å². The Balaban J connectivity index is 1.84. The highest BCUT2D eigenvalue weighted by molar-refractivity contribution is 7.87. The first-order valence-electron chi connectivity index (χ1n) is 8.66.